The second-order valence-corrected chi connectivity index (χ2v) is 5.92. The van der Waals surface area contributed by atoms with Gasteiger partial charge in [-0.1, -0.05) is 13.8 Å². The Morgan fingerprint density at radius 3 is 2.78 bits per heavy atom. The van der Waals surface area contributed by atoms with Gasteiger partial charge in [0, 0.05) is 29.9 Å². The van der Waals surface area contributed by atoms with Crippen LogP contribution < -0.4 is 5.46 Å². The van der Waals surface area contributed by atoms with Crippen LogP contribution in [-0.2, 0) is 15.9 Å². The van der Waals surface area contributed by atoms with Crippen LogP contribution in [-0.4, -0.2) is 40.8 Å². The van der Waals surface area contributed by atoms with E-state index in [9.17, 15) is 0 Å². The van der Waals surface area contributed by atoms with Crippen LogP contribution in [0, 0.1) is 5.41 Å². The van der Waals surface area contributed by atoms with Gasteiger partial charge < -0.3 is 14.4 Å². The summed E-state index contributed by atoms with van der Waals surface area (Å²) in [5, 5.41) is 13.0. The van der Waals surface area contributed by atoms with E-state index in [1.807, 2.05) is 6.20 Å². The molecular weight excluding hydrogens is 231 g/mol. The maximum Gasteiger partial charge on any atom is 0.497 e. The number of aliphatic hydroxyl groups excluding tert-OH is 1. The van der Waals surface area contributed by atoms with Gasteiger partial charge in [-0.25, -0.2) is 0 Å². The van der Waals surface area contributed by atoms with E-state index in [2.05, 4.69) is 32.8 Å². The second kappa shape index (κ2) is 4.68. The molecule has 0 aromatic carbocycles. The lowest BCUT2D eigenvalue weighted by Gasteiger charge is -2.47. The van der Waals surface area contributed by atoms with Crippen molar-refractivity contribution in [2.75, 3.05) is 13.2 Å². The van der Waals surface area contributed by atoms with Gasteiger partial charge in [-0.2, -0.15) is 5.10 Å². The van der Waals surface area contributed by atoms with E-state index in [4.69, 9.17) is 14.4 Å². The van der Waals surface area contributed by atoms with Crippen LogP contribution in [0.3, 0.4) is 0 Å². The van der Waals surface area contributed by atoms with Gasteiger partial charge in [0.05, 0.1) is 18.8 Å². The minimum atomic E-state index is -0.375. The Balaban J connectivity index is 2.11. The Bertz CT molecular complexity index is 417. The Morgan fingerprint density at radius 2 is 2.17 bits per heavy atom. The van der Waals surface area contributed by atoms with E-state index in [0.29, 0.717) is 13.2 Å². The summed E-state index contributed by atoms with van der Waals surface area (Å²) in [6.45, 7) is 9.65. The molecule has 0 atom stereocenters. The van der Waals surface area contributed by atoms with Crippen molar-refractivity contribution in [2.24, 2.45) is 5.41 Å². The van der Waals surface area contributed by atoms with Crippen LogP contribution in [0.5, 0.6) is 0 Å². The van der Waals surface area contributed by atoms with Crippen molar-refractivity contribution < 1.29 is 14.4 Å². The molecule has 0 unspecified atom stereocenters. The van der Waals surface area contributed by atoms with Crippen LogP contribution in [0.4, 0.5) is 0 Å². The van der Waals surface area contributed by atoms with Crippen LogP contribution in [0.15, 0.2) is 12.4 Å². The van der Waals surface area contributed by atoms with Gasteiger partial charge in [0.1, 0.15) is 0 Å². The smallest absolute Gasteiger partial charge is 0.407 e. The zero-order valence-corrected chi connectivity index (χ0v) is 11.5. The third-order valence-corrected chi connectivity index (χ3v) is 3.88. The molecule has 100 valence electrons. The average molecular weight is 252 g/mol. The highest BCUT2D eigenvalue weighted by Gasteiger charge is 2.47. The first-order valence-corrected chi connectivity index (χ1v) is 6.28. The fourth-order valence-electron chi connectivity index (χ4n) is 1.81. The molecule has 18 heavy (non-hydrogen) atoms. The van der Waals surface area contributed by atoms with Crippen molar-refractivity contribution in [3.63, 3.8) is 0 Å². The van der Waals surface area contributed by atoms with Crippen molar-refractivity contribution in [3.05, 3.63) is 12.4 Å². The molecule has 1 aromatic heterocycles. The first kappa shape index (κ1) is 13.6. The minimum absolute atomic E-state index is 0.0232. The SMILES string of the molecule is CC1(C)COB(c2cnn(CCO)c2)OC1(C)C. The highest BCUT2D eigenvalue weighted by molar-refractivity contribution is 6.61. The molecule has 1 aromatic rings. The molecule has 2 heterocycles. The monoisotopic (exact) mass is 252 g/mol. The van der Waals surface area contributed by atoms with E-state index in [0.717, 1.165) is 5.46 Å². The fourth-order valence-corrected chi connectivity index (χ4v) is 1.81. The molecule has 0 aliphatic carbocycles. The summed E-state index contributed by atoms with van der Waals surface area (Å²) in [7, 11) is -0.375. The van der Waals surface area contributed by atoms with Crippen molar-refractivity contribution in [1.82, 2.24) is 9.78 Å². The summed E-state index contributed by atoms with van der Waals surface area (Å²) >= 11 is 0. The van der Waals surface area contributed by atoms with Crippen molar-refractivity contribution >= 4 is 12.6 Å². The summed E-state index contributed by atoms with van der Waals surface area (Å²) < 4.78 is 13.5. The van der Waals surface area contributed by atoms with Crippen LogP contribution in [0.2, 0.25) is 0 Å². The predicted octanol–water partition coefficient (Wildman–Crippen LogP) is 0.422. The molecule has 1 aliphatic rings. The molecular formula is C12H21BN2O3. The largest absolute Gasteiger partial charge is 0.497 e. The summed E-state index contributed by atoms with van der Waals surface area (Å²) in [6, 6.07) is 0. The van der Waals surface area contributed by atoms with Gasteiger partial charge in [-0.05, 0) is 13.8 Å². The second-order valence-electron chi connectivity index (χ2n) is 5.92. The van der Waals surface area contributed by atoms with E-state index in [-0.39, 0.29) is 24.7 Å². The fraction of sp³-hybridized carbons (Fsp3) is 0.750. The van der Waals surface area contributed by atoms with E-state index >= 15 is 0 Å². The van der Waals surface area contributed by atoms with Gasteiger partial charge in [0.2, 0.25) is 0 Å². The van der Waals surface area contributed by atoms with Crippen LogP contribution in [0.1, 0.15) is 27.7 Å². The Kier molecular flexibility index (Phi) is 3.53. The molecule has 6 heteroatoms. The normalized spacial score (nSPS) is 22.2. The minimum Gasteiger partial charge on any atom is -0.407 e. The predicted molar refractivity (Wildman–Crippen MR) is 69.6 cm³/mol. The zero-order valence-electron chi connectivity index (χ0n) is 11.5. The molecule has 0 bridgehead atoms. The molecule has 0 radical (unpaired) electrons. The van der Waals surface area contributed by atoms with Gasteiger partial charge in [-0.15, -0.1) is 0 Å². The highest BCUT2D eigenvalue weighted by Crippen LogP contribution is 2.37. The Hall–Kier alpha value is -0.845. The molecule has 0 spiro atoms. The van der Waals surface area contributed by atoms with Gasteiger partial charge in [0.25, 0.3) is 0 Å². The van der Waals surface area contributed by atoms with Crippen LogP contribution in [0.25, 0.3) is 0 Å². The number of rotatable bonds is 3. The number of hydrogen-bond donors (Lipinski definition) is 1. The summed E-state index contributed by atoms with van der Waals surface area (Å²) in [5.41, 5.74) is 0.617. The highest BCUT2D eigenvalue weighted by atomic mass is 16.6. The standard InChI is InChI=1S/C12H21BN2O3/c1-11(2)9-17-13(18-12(11,3)4)10-7-14-15(8-10)5-6-16/h7-8,16H,5-6,9H2,1-4H3. The molecule has 1 fully saturated rings. The van der Waals surface area contributed by atoms with Crippen molar-refractivity contribution in [1.29, 1.82) is 0 Å². The molecule has 5 nitrogen and oxygen atoms in total. The molecule has 1 N–H and O–H groups in total. The third-order valence-electron chi connectivity index (χ3n) is 3.88. The summed E-state index contributed by atoms with van der Waals surface area (Å²) in [5.74, 6) is 0. The molecule has 2 rings (SSSR count). The topological polar surface area (TPSA) is 56.5 Å². The maximum atomic E-state index is 8.87. The number of hydrogen-bond acceptors (Lipinski definition) is 4. The molecule has 0 amide bonds. The Morgan fingerprint density at radius 1 is 1.44 bits per heavy atom. The van der Waals surface area contributed by atoms with Crippen LogP contribution >= 0.6 is 0 Å². The summed E-state index contributed by atoms with van der Waals surface area (Å²) in [6.07, 6.45) is 3.59. The zero-order chi connectivity index (χ0) is 13.4. The number of aromatic nitrogens is 2. The first-order valence-electron chi connectivity index (χ1n) is 6.28. The first-order chi connectivity index (χ1) is 8.36. The molecule has 0 saturated carbocycles. The maximum absolute atomic E-state index is 8.87. The molecule has 1 aliphatic heterocycles. The van der Waals surface area contributed by atoms with Gasteiger partial charge in [0.15, 0.2) is 0 Å². The Labute approximate surface area is 108 Å². The van der Waals surface area contributed by atoms with E-state index in [1.165, 1.54) is 0 Å². The lowest BCUT2D eigenvalue weighted by Crippen LogP contribution is -2.58. The lowest BCUT2D eigenvalue weighted by atomic mass is 9.70. The quantitative estimate of drug-likeness (QED) is 0.792. The van der Waals surface area contributed by atoms with Crippen molar-refractivity contribution in [2.45, 2.75) is 39.8 Å². The van der Waals surface area contributed by atoms with E-state index in [1.54, 1.807) is 10.9 Å². The number of nitrogens with zero attached hydrogens (tertiary/aromatic N) is 2. The summed E-state index contributed by atoms with van der Waals surface area (Å²) in [4.78, 5) is 0. The van der Waals surface area contributed by atoms with Crippen molar-refractivity contribution in [3.8, 4) is 0 Å². The number of aliphatic hydroxyl groups is 1. The average Bonchev–Trinajstić information content (AvgIpc) is 2.71. The third kappa shape index (κ3) is 2.46. The molecule has 1 saturated heterocycles. The van der Waals surface area contributed by atoms with Gasteiger partial charge in [-0.3, -0.25) is 4.68 Å². The lowest BCUT2D eigenvalue weighted by molar-refractivity contribution is -0.0937. The van der Waals surface area contributed by atoms with E-state index < -0.39 is 0 Å². The van der Waals surface area contributed by atoms with Gasteiger partial charge >= 0.3 is 7.12 Å².